The molecule has 1 aliphatic carbocycles. The number of rotatable bonds is 4. The number of carbonyl (C=O) groups excluding carboxylic acids is 1. The number of H-pyrrole nitrogens is 1. The van der Waals surface area contributed by atoms with Crippen LogP contribution in [0.4, 0.5) is 5.95 Å². The zero-order valence-electron chi connectivity index (χ0n) is 19.6. The topological polar surface area (TPSA) is 114 Å². The highest BCUT2D eigenvalue weighted by molar-refractivity contribution is 5.99. The van der Waals surface area contributed by atoms with Crippen LogP contribution in [-0.4, -0.2) is 67.0 Å². The number of hydrogen-bond donors (Lipinski definition) is 2. The van der Waals surface area contributed by atoms with Gasteiger partial charge in [0, 0.05) is 44.9 Å². The summed E-state index contributed by atoms with van der Waals surface area (Å²) in [5, 5.41) is 12.6. The van der Waals surface area contributed by atoms with E-state index in [0.717, 1.165) is 72.0 Å². The first-order valence-electron chi connectivity index (χ1n) is 11.7. The third-order valence-electron chi connectivity index (χ3n) is 7.57. The predicted molar refractivity (Wildman–Crippen MR) is 129 cm³/mol. The van der Waals surface area contributed by atoms with Crippen LogP contribution in [0.1, 0.15) is 32.6 Å². The molecular weight excluding hydrogens is 432 g/mol. The number of nitrogens with one attached hydrogen (secondary N) is 2. The molecule has 2 aliphatic rings. The molecular formula is C24H28N8O2. The van der Waals surface area contributed by atoms with Crippen molar-refractivity contribution in [2.24, 2.45) is 12.5 Å². The van der Waals surface area contributed by atoms with Crippen LogP contribution in [0.15, 0.2) is 24.4 Å². The molecule has 1 aromatic carbocycles. The van der Waals surface area contributed by atoms with E-state index < -0.39 is 0 Å². The molecule has 10 nitrogen and oxygen atoms in total. The smallest absolute Gasteiger partial charge is 0.228 e. The van der Waals surface area contributed by atoms with Crippen LogP contribution in [-0.2, 0) is 11.8 Å². The van der Waals surface area contributed by atoms with Crippen molar-refractivity contribution in [2.45, 2.75) is 38.6 Å². The fourth-order valence-corrected chi connectivity index (χ4v) is 5.61. The molecule has 0 atom stereocenters. The maximum atomic E-state index is 11.6. The molecule has 6 rings (SSSR count). The number of aromatic amines is 1. The number of ether oxygens (including phenoxy) is 1. The normalized spacial score (nSPS) is 17.9. The van der Waals surface area contributed by atoms with Gasteiger partial charge in [-0.3, -0.25) is 4.79 Å². The van der Waals surface area contributed by atoms with Crippen LogP contribution < -0.4 is 10.1 Å². The summed E-state index contributed by atoms with van der Waals surface area (Å²) >= 11 is 0. The van der Waals surface area contributed by atoms with E-state index in [0.29, 0.717) is 23.3 Å². The molecule has 2 N–H and O–H groups in total. The molecule has 4 aromatic rings. The molecule has 10 heteroatoms. The number of carbonyl (C=O) groups is 1. The molecule has 1 spiro atoms. The molecule has 1 saturated heterocycles. The van der Waals surface area contributed by atoms with E-state index in [1.807, 2.05) is 30.3 Å². The number of hydrogen-bond acceptors (Lipinski definition) is 7. The van der Waals surface area contributed by atoms with E-state index in [2.05, 4.69) is 26.7 Å². The maximum Gasteiger partial charge on any atom is 0.228 e. The fraction of sp³-hybridized carbons (Fsp3) is 0.458. The Morgan fingerprint density at radius 3 is 2.76 bits per heavy atom. The Kier molecular flexibility index (Phi) is 4.72. The molecule has 4 heterocycles. The van der Waals surface area contributed by atoms with E-state index in [9.17, 15) is 4.79 Å². The lowest BCUT2D eigenvalue weighted by Crippen LogP contribution is -2.52. The van der Waals surface area contributed by atoms with Crippen molar-refractivity contribution >= 4 is 33.9 Å². The zero-order chi connectivity index (χ0) is 23.4. The number of piperidine rings is 1. The second-order valence-corrected chi connectivity index (χ2v) is 9.65. The lowest BCUT2D eigenvalue weighted by atomic mass is 9.60. The predicted octanol–water partition coefficient (Wildman–Crippen LogP) is 3.12. The SMILES string of the molecule is COc1nc(NC2CC3(CCN(C(C)=O)CC3)C2)nc2[nH]cc(-c3ccc4nnn(C)c4c3)c12. The second-order valence-electron chi connectivity index (χ2n) is 9.65. The third-order valence-corrected chi connectivity index (χ3v) is 7.57. The van der Waals surface area contributed by atoms with Gasteiger partial charge >= 0.3 is 0 Å². The summed E-state index contributed by atoms with van der Waals surface area (Å²) in [7, 11) is 3.52. The standard InChI is InChI=1S/C24H28N8O2/c1-14(33)32-8-6-24(7-9-32)11-16(12-24)26-23-27-21-20(22(28-23)34-3)17(13-25-21)15-4-5-18-19(10-15)31(2)30-29-18/h4-5,10,13,16H,6-9,11-12H2,1-3H3,(H2,25,26,27,28). The van der Waals surface area contributed by atoms with Crippen LogP contribution in [0.3, 0.4) is 0 Å². The van der Waals surface area contributed by atoms with Gasteiger partial charge in [-0.15, -0.1) is 5.10 Å². The third kappa shape index (κ3) is 3.36. The summed E-state index contributed by atoms with van der Waals surface area (Å²) in [4.78, 5) is 26.3. The van der Waals surface area contributed by atoms with Crippen molar-refractivity contribution in [3.05, 3.63) is 24.4 Å². The summed E-state index contributed by atoms with van der Waals surface area (Å²) in [5.74, 6) is 1.29. The largest absolute Gasteiger partial charge is 0.480 e. The van der Waals surface area contributed by atoms with Crippen molar-refractivity contribution in [1.29, 1.82) is 0 Å². The Labute approximate surface area is 196 Å². The molecule has 0 radical (unpaired) electrons. The van der Waals surface area contributed by atoms with Gasteiger partial charge in [0.15, 0.2) is 0 Å². The van der Waals surface area contributed by atoms with Crippen LogP contribution in [0.25, 0.3) is 33.2 Å². The van der Waals surface area contributed by atoms with Gasteiger partial charge in [0.2, 0.25) is 17.7 Å². The van der Waals surface area contributed by atoms with Gasteiger partial charge in [-0.25, -0.2) is 4.68 Å². The summed E-state index contributed by atoms with van der Waals surface area (Å²) in [6, 6.07) is 6.39. The van der Waals surface area contributed by atoms with Gasteiger partial charge in [-0.05, 0) is 48.8 Å². The van der Waals surface area contributed by atoms with E-state index in [-0.39, 0.29) is 5.91 Å². The molecule has 1 saturated carbocycles. The van der Waals surface area contributed by atoms with Gasteiger partial charge in [0.25, 0.3) is 0 Å². The Balaban J connectivity index is 1.23. The van der Waals surface area contributed by atoms with E-state index in [1.54, 1.807) is 18.7 Å². The van der Waals surface area contributed by atoms with E-state index >= 15 is 0 Å². The first-order valence-corrected chi connectivity index (χ1v) is 11.7. The molecule has 0 unspecified atom stereocenters. The van der Waals surface area contributed by atoms with E-state index in [1.165, 1.54) is 0 Å². The average Bonchev–Trinajstić information content (AvgIpc) is 3.41. The monoisotopic (exact) mass is 460 g/mol. The molecule has 1 aliphatic heterocycles. The number of methoxy groups -OCH3 is 1. The minimum absolute atomic E-state index is 0.180. The van der Waals surface area contributed by atoms with Crippen molar-refractivity contribution in [3.8, 4) is 17.0 Å². The minimum Gasteiger partial charge on any atom is -0.480 e. The van der Waals surface area contributed by atoms with Crippen molar-refractivity contribution in [3.63, 3.8) is 0 Å². The van der Waals surface area contributed by atoms with Crippen LogP contribution in [0.5, 0.6) is 5.88 Å². The van der Waals surface area contributed by atoms with Crippen LogP contribution >= 0.6 is 0 Å². The average molecular weight is 461 g/mol. The highest BCUT2D eigenvalue weighted by Gasteiger charge is 2.46. The minimum atomic E-state index is 0.180. The van der Waals surface area contributed by atoms with Crippen molar-refractivity contribution < 1.29 is 9.53 Å². The van der Waals surface area contributed by atoms with Gasteiger partial charge < -0.3 is 19.9 Å². The first-order chi connectivity index (χ1) is 16.4. The molecule has 2 fully saturated rings. The number of fused-ring (bicyclic) bond motifs is 2. The number of anilines is 1. The van der Waals surface area contributed by atoms with Crippen molar-refractivity contribution in [2.75, 3.05) is 25.5 Å². The van der Waals surface area contributed by atoms with Gasteiger partial charge in [-0.2, -0.15) is 9.97 Å². The molecule has 0 bridgehead atoms. The molecule has 1 amide bonds. The summed E-state index contributed by atoms with van der Waals surface area (Å²) < 4.78 is 7.45. The number of benzene rings is 1. The molecule has 3 aromatic heterocycles. The lowest BCUT2D eigenvalue weighted by molar-refractivity contribution is -0.132. The first kappa shape index (κ1) is 20.9. The summed E-state index contributed by atoms with van der Waals surface area (Å²) in [6.07, 6.45) is 6.25. The fourth-order valence-electron chi connectivity index (χ4n) is 5.61. The van der Waals surface area contributed by atoms with Crippen molar-refractivity contribution in [1.82, 2.24) is 34.8 Å². The molecule has 34 heavy (non-hydrogen) atoms. The molecule has 176 valence electrons. The van der Waals surface area contributed by atoms with E-state index in [4.69, 9.17) is 14.7 Å². The number of aryl methyl sites for hydroxylation is 1. The van der Waals surface area contributed by atoms with Gasteiger partial charge in [-0.1, -0.05) is 11.3 Å². The Morgan fingerprint density at radius 1 is 1.24 bits per heavy atom. The Hall–Kier alpha value is -3.69. The highest BCUT2D eigenvalue weighted by Crippen LogP contribution is 2.50. The summed E-state index contributed by atoms with van der Waals surface area (Å²) in [5.41, 5.74) is 4.88. The van der Waals surface area contributed by atoms with Gasteiger partial charge in [0.1, 0.15) is 11.2 Å². The zero-order valence-corrected chi connectivity index (χ0v) is 19.6. The number of likely N-dealkylation sites (tertiary alicyclic amines) is 1. The number of aromatic nitrogens is 6. The van der Waals surface area contributed by atoms with Gasteiger partial charge in [0.05, 0.1) is 18.0 Å². The highest BCUT2D eigenvalue weighted by atomic mass is 16.5. The Morgan fingerprint density at radius 2 is 2.03 bits per heavy atom. The Bertz CT molecular complexity index is 1390. The second kappa shape index (κ2) is 7.68. The van der Waals surface area contributed by atoms with Crippen LogP contribution in [0.2, 0.25) is 0 Å². The summed E-state index contributed by atoms with van der Waals surface area (Å²) in [6.45, 7) is 3.39. The number of amides is 1. The maximum absolute atomic E-state index is 11.6. The van der Waals surface area contributed by atoms with Crippen LogP contribution in [0, 0.1) is 5.41 Å². The lowest BCUT2D eigenvalue weighted by Gasteiger charge is -2.52. The quantitative estimate of drug-likeness (QED) is 0.481. The number of nitrogens with zero attached hydrogens (tertiary/aromatic N) is 6.